The van der Waals surface area contributed by atoms with Gasteiger partial charge in [-0.15, -0.1) is 0 Å². The number of para-hydroxylation sites is 1. The van der Waals surface area contributed by atoms with Gasteiger partial charge >= 0.3 is 0 Å². The zero-order valence-corrected chi connectivity index (χ0v) is 11.5. The lowest BCUT2D eigenvalue weighted by Crippen LogP contribution is -2.44. The molecule has 0 aromatic heterocycles. The Morgan fingerprint density at radius 2 is 1.94 bits per heavy atom. The summed E-state index contributed by atoms with van der Waals surface area (Å²) in [7, 11) is 0. The molecule has 1 aromatic rings. The fourth-order valence-electron chi connectivity index (χ4n) is 2.31. The van der Waals surface area contributed by atoms with Gasteiger partial charge in [-0.1, -0.05) is 26.0 Å². The average molecular weight is 265 g/mol. The lowest BCUT2D eigenvalue weighted by molar-refractivity contribution is 0.0754. The highest BCUT2D eigenvalue weighted by molar-refractivity contribution is 8.00. The number of rotatable bonds is 2. The Morgan fingerprint density at radius 1 is 1.33 bits per heavy atom. The Labute approximate surface area is 112 Å². The van der Waals surface area contributed by atoms with Gasteiger partial charge in [-0.2, -0.15) is 11.8 Å². The minimum atomic E-state index is 0.0579. The topological polar surface area (TPSA) is 58.4 Å². The van der Waals surface area contributed by atoms with E-state index in [0.717, 1.165) is 13.1 Å². The first-order valence-electron chi connectivity index (χ1n) is 6.12. The van der Waals surface area contributed by atoms with Crippen molar-refractivity contribution in [2.24, 2.45) is 5.84 Å². The molecule has 1 aliphatic heterocycles. The van der Waals surface area contributed by atoms with Crippen molar-refractivity contribution in [3.63, 3.8) is 0 Å². The van der Waals surface area contributed by atoms with Crippen molar-refractivity contribution in [3.05, 3.63) is 29.8 Å². The zero-order chi connectivity index (χ0) is 13.1. The molecule has 1 amide bonds. The van der Waals surface area contributed by atoms with Crippen molar-refractivity contribution in [1.29, 1.82) is 0 Å². The maximum atomic E-state index is 12.5. The highest BCUT2D eigenvalue weighted by Gasteiger charge is 2.27. The Bertz CT molecular complexity index is 428. The number of nitrogens with zero attached hydrogens (tertiary/aromatic N) is 1. The standard InChI is InChI=1S/C13H19N3OS/c1-9-7-16(8-10(2)18-9)13(17)11-5-3-4-6-12(11)15-14/h3-6,9-10,15H,7-8,14H2,1-2H3. The Hall–Kier alpha value is -1.20. The number of hydrogen-bond acceptors (Lipinski definition) is 4. The van der Waals surface area contributed by atoms with Gasteiger partial charge in [0.05, 0.1) is 11.3 Å². The third-order valence-electron chi connectivity index (χ3n) is 3.02. The first-order chi connectivity index (χ1) is 8.61. The molecule has 0 bridgehead atoms. The molecule has 0 saturated carbocycles. The summed E-state index contributed by atoms with van der Waals surface area (Å²) in [6.45, 7) is 5.92. The van der Waals surface area contributed by atoms with Gasteiger partial charge in [0.1, 0.15) is 0 Å². The molecule has 1 aliphatic rings. The Kier molecular flexibility index (Phi) is 4.14. The summed E-state index contributed by atoms with van der Waals surface area (Å²) < 4.78 is 0. The Balaban J connectivity index is 2.20. The van der Waals surface area contributed by atoms with Crippen LogP contribution in [-0.2, 0) is 0 Å². The number of thioether (sulfide) groups is 1. The van der Waals surface area contributed by atoms with Crippen LogP contribution in [0.5, 0.6) is 0 Å². The number of anilines is 1. The molecule has 2 rings (SSSR count). The van der Waals surface area contributed by atoms with Gasteiger partial charge in [0.25, 0.3) is 5.91 Å². The number of nitrogen functional groups attached to an aromatic ring is 1. The molecule has 0 spiro atoms. The molecule has 1 aromatic carbocycles. The molecule has 0 radical (unpaired) electrons. The minimum Gasteiger partial charge on any atom is -0.336 e. The van der Waals surface area contributed by atoms with Crippen LogP contribution in [0.3, 0.4) is 0 Å². The fourth-order valence-corrected chi connectivity index (χ4v) is 3.63. The fraction of sp³-hybridized carbons (Fsp3) is 0.462. The van der Waals surface area contributed by atoms with Crippen molar-refractivity contribution in [3.8, 4) is 0 Å². The Morgan fingerprint density at radius 3 is 2.56 bits per heavy atom. The third-order valence-corrected chi connectivity index (χ3v) is 4.25. The number of hydrogen-bond donors (Lipinski definition) is 2. The second-order valence-electron chi connectivity index (χ2n) is 4.66. The van der Waals surface area contributed by atoms with Crippen LogP contribution in [0.4, 0.5) is 5.69 Å². The third kappa shape index (κ3) is 2.79. The number of nitrogens with two attached hydrogens (primary N) is 1. The van der Waals surface area contributed by atoms with E-state index in [9.17, 15) is 4.79 Å². The molecule has 1 fully saturated rings. The second-order valence-corrected chi connectivity index (χ2v) is 6.54. The second kappa shape index (κ2) is 5.63. The number of carbonyl (C=O) groups excluding carboxylic acids is 1. The smallest absolute Gasteiger partial charge is 0.256 e. The van der Waals surface area contributed by atoms with Crippen LogP contribution < -0.4 is 11.3 Å². The van der Waals surface area contributed by atoms with Crippen molar-refractivity contribution in [1.82, 2.24) is 4.90 Å². The summed E-state index contributed by atoms with van der Waals surface area (Å²) >= 11 is 1.93. The van der Waals surface area contributed by atoms with E-state index in [1.165, 1.54) is 0 Å². The lowest BCUT2D eigenvalue weighted by Gasteiger charge is -2.35. The van der Waals surface area contributed by atoms with Crippen LogP contribution in [0.2, 0.25) is 0 Å². The normalized spacial score (nSPS) is 23.8. The molecule has 4 nitrogen and oxygen atoms in total. The number of carbonyl (C=O) groups is 1. The van der Waals surface area contributed by atoms with Crippen LogP contribution in [0.1, 0.15) is 24.2 Å². The number of amides is 1. The lowest BCUT2D eigenvalue weighted by atomic mass is 10.1. The van der Waals surface area contributed by atoms with E-state index in [-0.39, 0.29) is 5.91 Å². The van der Waals surface area contributed by atoms with Crippen LogP contribution in [0, 0.1) is 0 Å². The van der Waals surface area contributed by atoms with Gasteiger partial charge in [-0.05, 0) is 12.1 Å². The first kappa shape index (κ1) is 13.2. The highest BCUT2D eigenvalue weighted by atomic mass is 32.2. The van der Waals surface area contributed by atoms with Crippen LogP contribution in [-0.4, -0.2) is 34.4 Å². The van der Waals surface area contributed by atoms with Gasteiger partial charge in [0, 0.05) is 23.6 Å². The average Bonchev–Trinajstić information content (AvgIpc) is 2.36. The molecule has 1 heterocycles. The summed E-state index contributed by atoms with van der Waals surface area (Å²) in [4.78, 5) is 14.4. The van der Waals surface area contributed by atoms with Gasteiger partial charge in [-0.25, -0.2) is 0 Å². The summed E-state index contributed by atoms with van der Waals surface area (Å²) in [5.41, 5.74) is 3.91. The van der Waals surface area contributed by atoms with E-state index in [1.54, 1.807) is 0 Å². The summed E-state index contributed by atoms with van der Waals surface area (Å²) in [6.07, 6.45) is 0. The van der Waals surface area contributed by atoms with E-state index in [0.29, 0.717) is 21.8 Å². The maximum Gasteiger partial charge on any atom is 0.256 e. The van der Waals surface area contributed by atoms with Crippen molar-refractivity contribution in [2.75, 3.05) is 18.5 Å². The van der Waals surface area contributed by atoms with E-state index < -0.39 is 0 Å². The summed E-state index contributed by atoms with van der Waals surface area (Å²) in [6, 6.07) is 7.36. The molecular weight excluding hydrogens is 246 g/mol. The molecule has 5 heteroatoms. The number of nitrogens with one attached hydrogen (secondary N) is 1. The van der Waals surface area contributed by atoms with Crippen molar-refractivity contribution < 1.29 is 4.79 Å². The van der Waals surface area contributed by atoms with Crippen LogP contribution >= 0.6 is 11.8 Å². The maximum absolute atomic E-state index is 12.5. The summed E-state index contributed by atoms with van der Waals surface area (Å²) in [5, 5.41) is 0.964. The molecule has 1 saturated heterocycles. The molecule has 3 N–H and O–H groups in total. The predicted octanol–water partition coefficient (Wildman–Crippen LogP) is 1.94. The highest BCUT2D eigenvalue weighted by Crippen LogP contribution is 2.26. The molecule has 98 valence electrons. The minimum absolute atomic E-state index is 0.0579. The van der Waals surface area contributed by atoms with E-state index in [4.69, 9.17) is 5.84 Å². The van der Waals surface area contributed by atoms with Crippen LogP contribution in [0.15, 0.2) is 24.3 Å². The van der Waals surface area contributed by atoms with E-state index in [1.807, 2.05) is 40.9 Å². The SMILES string of the molecule is CC1CN(C(=O)c2ccccc2NN)CC(C)S1. The van der Waals surface area contributed by atoms with Crippen molar-refractivity contribution >= 4 is 23.4 Å². The van der Waals surface area contributed by atoms with E-state index >= 15 is 0 Å². The molecule has 18 heavy (non-hydrogen) atoms. The zero-order valence-electron chi connectivity index (χ0n) is 10.7. The first-order valence-corrected chi connectivity index (χ1v) is 7.06. The van der Waals surface area contributed by atoms with Gasteiger partial charge in [0.2, 0.25) is 0 Å². The molecular formula is C13H19N3OS. The predicted molar refractivity (Wildman–Crippen MR) is 76.7 cm³/mol. The van der Waals surface area contributed by atoms with Crippen LogP contribution in [0.25, 0.3) is 0 Å². The van der Waals surface area contributed by atoms with E-state index in [2.05, 4.69) is 19.3 Å². The quantitative estimate of drug-likeness (QED) is 0.634. The van der Waals surface area contributed by atoms with Gasteiger partial charge < -0.3 is 10.3 Å². The number of hydrazine groups is 1. The number of benzene rings is 1. The monoisotopic (exact) mass is 265 g/mol. The summed E-state index contributed by atoms with van der Waals surface area (Å²) in [5.74, 6) is 5.51. The van der Waals surface area contributed by atoms with Crippen molar-refractivity contribution in [2.45, 2.75) is 24.3 Å². The largest absolute Gasteiger partial charge is 0.336 e. The molecule has 0 aliphatic carbocycles. The van der Waals surface area contributed by atoms with Gasteiger partial charge in [-0.3, -0.25) is 10.6 Å². The van der Waals surface area contributed by atoms with Gasteiger partial charge in [0.15, 0.2) is 0 Å². The molecule has 2 unspecified atom stereocenters. The molecule has 2 atom stereocenters.